The summed E-state index contributed by atoms with van der Waals surface area (Å²) in [5, 5.41) is 0. The average Bonchev–Trinajstić information content (AvgIpc) is 2.62. The highest BCUT2D eigenvalue weighted by molar-refractivity contribution is 5.78. The molecule has 2 rings (SSSR count). The zero-order valence-corrected chi connectivity index (χ0v) is 9.60. The number of hydrogen-bond acceptors (Lipinski definition) is 2. The minimum atomic E-state index is 0.102. The highest BCUT2D eigenvalue weighted by Crippen LogP contribution is 2.21. The van der Waals surface area contributed by atoms with Gasteiger partial charge in [-0.2, -0.15) is 0 Å². The SMILES string of the molecule is C[C@@H](N)[C@H]1CC(=O)N(Cc2ccccc2)C1. The Morgan fingerprint density at radius 1 is 1.44 bits per heavy atom. The summed E-state index contributed by atoms with van der Waals surface area (Å²) in [5.74, 6) is 0.544. The predicted octanol–water partition coefficient (Wildman–Crippen LogP) is 1.38. The molecular weight excluding hydrogens is 200 g/mol. The zero-order chi connectivity index (χ0) is 11.5. The third-order valence-corrected chi connectivity index (χ3v) is 3.20. The summed E-state index contributed by atoms with van der Waals surface area (Å²) >= 11 is 0. The molecule has 0 saturated carbocycles. The van der Waals surface area contributed by atoms with Gasteiger partial charge in [0.1, 0.15) is 0 Å². The van der Waals surface area contributed by atoms with Gasteiger partial charge in [0.05, 0.1) is 0 Å². The number of benzene rings is 1. The molecule has 0 aliphatic carbocycles. The van der Waals surface area contributed by atoms with Crippen LogP contribution in [0.15, 0.2) is 30.3 Å². The first kappa shape index (κ1) is 11.1. The van der Waals surface area contributed by atoms with E-state index in [0.29, 0.717) is 18.9 Å². The Morgan fingerprint density at radius 3 is 2.69 bits per heavy atom. The molecule has 1 aliphatic heterocycles. The Balaban J connectivity index is 1.99. The normalized spacial score (nSPS) is 22.5. The van der Waals surface area contributed by atoms with E-state index in [1.807, 2.05) is 42.2 Å². The van der Waals surface area contributed by atoms with Gasteiger partial charge >= 0.3 is 0 Å². The van der Waals surface area contributed by atoms with Crippen LogP contribution in [0.4, 0.5) is 0 Å². The number of rotatable bonds is 3. The molecule has 86 valence electrons. The van der Waals surface area contributed by atoms with Crippen LogP contribution < -0.4 is 5.73 Å². The molecule has 16 heavy (non-hydrogen) atoms. The molecule has 3 nitrogen and oxygen atoms in total. The molecule has 0 aromatic heterocycles. The maximum absolute atomic E-state index is 11.8. The van der Waals surface area contributed by atoms with Crippen molar-refractivity contribution in [2.45, 2.75) is 25.9 Å². The summed E-state index contributed by atoms with van der Waals surface area (Å²) in [4.78, 5) is 13.7. The third kappa shape index (κ3) is 2.42. The molecule has 3 heteroatoms. The fourth-order valence-electron chi connectivity index (χ4n) is 2.11. The molecule has 0 bridgehead atoms. The van der Waals surface area contributed by atoms with Gasteiger partial charge in [-0.15, -0.1) is 0 Å². The highest BCUT2D eigenvalue weighted by Gasteiger charge is 2.31. The highest BCUT2D eigenvalue weighted by atomic mass is 16.2. The Morgan fingerprint density at radius 2 is 2.12 bits per heavy atom. The lowest BCUT2D eigenvalue weighted by Gasteiger charge is -2.18. The van der Waals surface area contributed by atoms with E-state index < -0.39 is 0 Å². The fourth-order valence-corrected chi connectivity index (χ4v) is 2.11. The molecule has 1 aliphatic rings. The molecule has 1 heterocycles. The number of nitrogens with zero attached hydrogens (tertiary/aromatic N) is 1. The molecule has 0 unspecified atom stereocenters. The molecule has 1 saturated heterocycles. The lowest BCUT2D eigenvalue weighted by molar-refractivity contribution is -0.128. The van der Waals surface area contributed by atoms with E-state index in [1.165, 1.54) is 5.56 Å². The quantitative estimate of drug-likeness (QED) is 0.833. The second kappa shape index (κ2) is 4.66. The van der Waals surface area contributed by atoms with Gasteiger partial charge in [-0.25, -0.2) is 0 Å². The average molecular weight is 218 g/mol. The van der Waals surface area contributed by atoms with E-state index >= 15 is 0 Å². The third-order valence-electron chi connectivity index (χ3n) is 3.20. The van der Waals surface area contributed by atoms with Crippen LogP contribution in [0.5, 0.6) is 0 Å². The smallest absolute Gasteiger partial charge is 0.223 e. The van der Waals surface area contributed by atoms with Crippen molar-refractivity contribution < 1.29 is 4.79 Å². The summed E-state index contributed by atoms with van der Waals surface area (Å²) < 4.78 is 0. The van der Waals surface area contributed by atoms with Crippen LogP contribution in [0.1, 0.15) is 18.9 Å². The summed E-state index contributed by atoms with van der Waals surface area (Å²) in [6.07, 6.45) is 0.602. The Hall–Kier alpha value is -1.35. The fraction of sp³-hybridized carbons (Fsp3) is 0.462. The van der Waals surface area contributed by atoms with Gasteiger partial charge in [0, 0.05) is 31.5 Å². The van der Waals surface area contributed by atoms with Gasteiger partial charge in [0.2, 0.25) is 5.91 Å². The first-order chi connectivity index (χ1) is 7.66. The van der Waals surface area contributed by atoms with E-state index in [1.54, 1.807) is 0 Å². The maximum Gasteiger partial charge on any atom is 0.223 e. The van der Waals surface area contributed by atoms with Gasteiger partial charge < -0.3 is 10.6 Å². The van der Waals surface area contributed by atoms with Crippen molar-refractivity contribution in [1.29, 1.82) is 0 Å². The summed E-state index contributed by atoms with van der Waals surface area (Å²) in [6, 6.07) is 10.2. The largest absolute Gasteiger partial charge is 0.338 e. The van der Waals surface area contributed by atoms with Crippen LogP contribution in [0.25, 0.3) is 0 Å². The predicted molar refractivity (Wildman–Crippen MR) is 63.6 cm³/mol. The number of likely N-dealkylation sites (tertiary alicyclic amines) is 1. The molecule has 1 aromatic carbocycles. The number of nitrogens with two attached hydrogens (primary N) is 1. The van der Waals surface area contributed by atoms with Crippen LogP contribution in [0, 0.1) is 5.92 Å². The minimum absolute atomic E-state index is 0.102. The number of amides is 1. The van der Waals surface area contributed by atoms with Crippen LogP contribution >= 0.6 is 0 Å². The van der Waals surface area contributed by atoms with Gasteiger partial charge in [-0.1, -0.05) is 30.3 Å². The van der Waals surface area contributed by atoms with Crippen molar-refractivity contribution in [2.24, 2.45) is 11.7 Å². The molecule has 1 amide bonds. The van der Waals surface area contributed by atoms with Crippen molar-refractivity contribution in [3.05, 3.63) is 35.9 Å². The Kier molecular flexibility index (Phi) is 3.25. The zero-order valence-electron chi connectivity index (χ0n) is 9.60. The molecule has 0 radical (unpaired) electrons. The summed E-state index contributed by atoms with van der Waals surface area (Å²) in [6.45, 7) is 3.48. The Bertz CT molecular complexity index is 361. The minimum Gasteiger partial charge on any atom is -0.338 e. The van der Waals surface area contributed by atoms with Gasteiger partial charge in [-0.3, -0.25) is 4.79 Å². The lowest BCUT2D eigenvalue weighted by Crippen LogP contribution is -2.30. The van der Waals surface area contributed by atoms with Crippen LogP contribution in [-0.4, -0.2) is 23.4 Å². The molecule has 1 fully saturated rings. The van der Waals surface area contributed by atoms with Gasteiger partial charge in [0.15, 0.2) is 0 Å². The first-order valence-electron chi connectivity index (χ1n) is 5.74. The first-order valence-corrected chi connectivity index (χ1v) is 5.74. The van der Waals surface area contributed by atoms with E-state index in [4.69, 9.17) is 5.73 Å². The van der Waals surface area contributed by atoms with E-state index in [0.717, 1.165) is 6.54 Å². The van der Waals surface area contributed by atoms with Crippen molar-refractivity contribution in [3.8, 4) is 0 Å². The van der Waals surface area contributed by atoms with Crippen molar-refractivity contribution >= 4 is 5.91 Å². The van der Waals surface area contributed by atoms with Crippen molar-refractivity contribution in [3.63, 3.8) is 0 Å². The monoisotopic (exact) mass is 218 g/mol. The number of hydrogen-bond donors (Lipinski definition) is 1. The second-order valence-electron chi connectivity index (χ2n) is 4.58. The topological polar surface area (TPSA) is 46.3 Å². The standard InChI is InChI=1S/C13H18N2O/c1-10(14)12-7-13(16)15(9-12)8-11-5-3-2-4-6-11/h2-6,10,12H,7-9,14H2,1H3/t10-,12+/m1/s1. The molecule has 2 N–H and O–H groups in total. The molecule has 0 spiro atoms. The van der Waals surface area contributed by atoms with Crippen molar-refractivity contribution in [1.82, 2.24) is 4.90 Å². The molecule has 1 aromatic rings. The van der Waals surface area contributed by atoms with E-state index in [9.17, 15) is 4.79 Å². The van der Waals surface area contributed by atoms with Gasteiger partial charge in [0.25, 0.3) is 0 Å². The van der Waals surface area contributed by atoms with Crippen LogP contribution in [0.3, 0.4) is 0 Å². The van der Waals surface area contributed by atoms with E-state index in [-0.39, 0.29) is 11.9 Å². The summed E-state index contributed by atoms with van der Waals surface area (Å²) in [5.41, 5.74) is 7.02. The molecule has 2 atom stereocenters. The molecular formula is C13H18N2O. The Labute approximate surface area is 96.2 Å². The van der Waals surface area contributed by atoms with Gasteiger partial charge in [-0.05, 0) is 12.5 Å². The number of carbonyl (C=O) groups excluding carboxylic acids is 1. The van der Waals surface area contributed by atoms with E-state index in [2.05, 4.69) is 0 Å². The van der Waals surface area contributed by atoms with Crippen molar-refractivity contribution in [2.75, 3.05) is 6.54 Å². The van der Waals surface area contributed by atoms with Crippen LogP contribution in [-0.2, 0) is 11.3 Å². The maximum atomic E-state index is 11.8. The second-order valence-corrected chi connectivity index (χ2v) is 4.58. The summed E-state index contributed by atoms with van der Waals surface area (Å²) in [7, 11) is 0. The van der Waals surface area contributed by atoms with Crippen LogP contribution in [0.2, 0.25) is 0 Å². The number of carbonyl (C=O) groups is 1. The lowest BCUT2D eigenvalue weighted by atomic mass is 10.0.